The molecule has 0 radical (unpaired) electrons. The number of amides is 14. The van der Waals surface area contributed by atoms with E-state index >= 15 is 0 Å². The Labute approximate surface area is 841 Å². The summed E-state index contributed by atoms with van der Waals surface area (Å²) >= 11 is 0. The molecule has 52 nitrogen and oxygen atoms in total. The van der Waals surface area contributed by atoms with E-state index in [4.69, 9.17) is 22.3 Å². The largest absolute Gasteiger partial charge is 0.480 e. The van der Waals surface area contributed by atoms with Gasteiger partial charge in [0.2, 0.25) is 70.9 Å². The van der Waals surface area contributed by atoms with Crippen LogP contribution in [0, 0.1) is 10.8 Å². The fraction of sp³-hybridized carbons (Fsp3) is 0.637. The number of guanidine groups is 2. The number of carboxylic acids is 5. The van der Waals surface area contributed by atoms with Gasteiger partial charge in [-0.3, -0.25) is 117 Å². The maximum atomic E-state index is 14.2. The van der Waals surface area contributed by atoms with E-state index in [1.165, 1.54) is 62.6 Å². The molecule has 2 aromatic carbocycles. The van der Waals surface area contributed by atoms with Gasteiger partial charge in [0.1, 0.15) is 42.3 Å². The minimum atomic E-state index is -1.71. The molecule has 3 aliphatic heterocycles. The zero-order valence-electron chi connectivity index (χ0n) is 82.3. The minimum Gasteiger partial charge on any atom is -0.480 e. The highest BCUT2D eigenvalue weighted by Crippen LogP contribution is 2.23. The first-order valence-electron chi connectivity index (χ1n) is 49.1. The molecule has 145 heavy (non-hydrogen) atoms. The van der Waals surface area contributed by atoms with E-state index in [2.05, 4.69) is 74.4 Å². The maximum absolute atomic E-state index is 14.2. The molecule has 14 amide bonds. The van der Waals surface area contributed by atoms with Crippen LogP contribution in [0.4, 0.5) is 0 Å². The van der Waals surface area contributed by atoms with Crippen LogP contribution in [-0.4, -0.2) is 392 Å². The van der Waals surface area contributed by atoms with Crippen LogP contribution in [0.5, 0.6) is 0 Å². The van der Waals surface area contributed by atoms with Crippen molar-refractivity contribution in [3.63, 3.8) is 0 Å². The molecule has 5 rings (SSSR count). The van der Waals surface area contributed by atoms with Crippen molar-refractivity contribution < 1.29 is 137 Å². The zero-order valence-corrected chi connectivity index (χ0v) is 82.3. The normalized spacial score (nSPS) is 16.2. The smallest absolute Gasteiger partial charge is 0.475 e. The van der Waals surface area contributed by atoms with Crippen LogP contribution in [0.15, 0.2) is 48.5 Å². The molecule has 3 aliphatic rings. The molecule has 3 saturated heterocycles. The van der Waals surface area contributed by atoms with Gasteiger partial charge in [-0.25, -0.2) is 4.79 Å². The highest BCUT2D eigenvalue weighted by molar-refractivity contribution is 6.44. The monoisotopic (exact) mass is 2050 g/mol. The first kappa shape index (κ1) is 122. The number of hydrogen-bond donors (Lipinski definition) is 27. The van der Waals surface area contributed by atoms with Crippen molar-refractivity contribution in [3.05, 3.63) is 70.8 Å². The topological polar surface area (TPSA) is 794 Å². The minimum absolute atomic E-state index is 0.0104. The van der Waals surface area contributed by atoms with Crippen LogP contribution in [0.2, 0.25) is 0 Å². The van der Waals surface area contributed by atoms with Crippen molar-refractivity contribution in [2.75, 3.05) is 124 Å². The Hall–Kier alpha value is -13.3. The molecule has 2 aromatic rings. The van der Waals surface area contributed by atoms with Gasteiger partial charge in [0, 0.05) is 174 Å². The molecular formula is C91H146B2N24O28. The number of nitrogens with zero attached hydrogens (tertiary/aromatic N) is 6. The van der Waals surface area contributed by atoms with Crippen molar-refractivity contribution in [2.24, 2.45) is 11.5 Å². The lowest BCUT2D eigenvalue weighted by molar-refractivity contribution is -0.145. The lowest BCUT2D eigenvalue weighted by Gasteiger charge is -2.35. The van der Waals surface area contributed by atoms with Crippen molar-refractivity contribution in [3.8, 4) is 0 Å². The molecule has 54 heteroatoms. The molecule has 0 spiro atoms. The second-order valence-electron chi connectivity index (χ2n) is 36.0. The van der Waals surface area contributed by atoms with Gasteiger partial charge in [0.25, 0.3) is 11.8 Å². The third-order valence-corrected chi connectivity index (χ3v) is 24.5. The molecule has 0 saturated carbocycles. The number of unbranched alkanes of at least 4 members (excludes halogenated alkanes) is 4. The Bertz CT molecular complexity index is 4600. The molecule has 29 N–H and O–H groups in total. The number of rotatable bonds is 65. The Morgan fingerprint density at radius 2 is 0.669 bits per heavy atom. The first-order valence-corrected chi connectivity index (χ1v) is 49.1. The fourth-order valence-corrected chi connectivity index (χ4v) is 16.4. The average molecular weight is 2050 g/mol. The summed E-state index contributed by atoms with van der Waals surface area (Å²) in [5, 5.41) is 141. The third-order valence-electron chi connectivity index (χ3n) is 24.5. The predicted molar refractivity (Wildman–Crippen MR) is 524 cm³/mol. The summed E-state index contributed by atoms with van der Waals surface area (Å²) < 4.78 is 0. The van der Waals surface area contributed by atoms with E-state index in [1.807, 2.05) is 0 Å². The van der Waals surface area contributed by atoms with Crippen LogP contribution in [-0.2, 0) is 94.6 Å². The Balaban J connectivity index is 1.15. The number of carboxylic acid groups (broad SMARTS) is 5. The van der Waals surface area contributed by atoms with Gasteiger partial charge in [-0.2, -0.15) is 0 Å². The SMILES string of the molecule is C[C@@H](NC(=O)c1ccc(CNC(=O)CCCCNC(=O)[C@H](CCCNC(=N)N)NC(=O)CCC(=O)NCCCC[C@H](NC(=O)CCC(=O)N[C@@H](CCCNC(=N)N)C(=O)NCCCCC(=O)NCc2ccc(C(=O)N[C@H](C)C(=O)N3CCC[C@H]3B(O)O)cc2)C(=O)N[C@@H](CCCCNC(=O)CC[C@H](C(=O)O)N2CCN(CC(=O)O)CCN(CC(=O)O)CCN(CC(=O)O)CC2)C(=O)O)cc1)C(=O)N1CCC[C@H]1B(O)O. The lowest BCUT2D eigenvalue weighted by atomic mass is 9.78. The zero-order chi connectivity index (χ0) is 107. The second kappa shape index (κ2) is 66.6. The van der Waals surface area contributed by atoms with E-state index in [-0.39, 0.29) is 242 Å². The van der Waals surface area contributed by atoms with Gasteiger partial charge >= 0.3 is 44.1 Å². The van der Waals surface area contributed by atoms with Crippen molar-refractivity contribution in [1.82, 2.24) is 104 Å². The summed E-state index contributed by atoms with van der Waals surface area (Å²) in [6, 6.07) is 4.12. The number of nitrogens with one attached hydrogen (secondary N) is 16. The molecule has 804 valence electrons. The molecule has 0 bridgehead atoms. The van der Waals surface area contributed by atoms with Gasteiger partial charge in [-0.15, -0.1) is 0 Å². The number of carbonyl (C=O) groups is 19. The Morgan fingerprint density at radius 3 is 1.03 bits per heavy atom. The third kappa shape index (κ3) is 49.2. The molecule has 0 aromatic heterocycles. The van der Waals surface area contributed by atoms with Crippen LogP contribution in [0.1, 0.15) is 213 Å². The summed E-state index contributed by atoms with van der Waals surface area (Å²) in [6.07, 6.45) is 1.75. The van der Waals surface area contributed by atoms with E-state index in [1.54, 1.807) is 29.2 Å². The molecule has 3 fully saturated rings. The van der Waals surface area contributed by atoms with E-state index in [0.29, 0.717) is 75.6 Å². The number of benzene rings is 2. The van der Waals surface area contributed by atoms with Gasteiger partial charge in [-0.05, 0) is 171 Å². The highest BCUT2D eigenvalue weighted by atomic mass is 16.4. The predicted octanol–water partition coefficient (Wildman–Crippen LogP) is -6.17. The molecule has 0 aliphatic carbocycles. The van der Waals surface area contributed by atoms with Crippen molar-refractivity contribution in [1.29, 1.82) is 10.8 Å². The summed E-state index contributed by atoms with van der Waals surface area (Å²) in [6.45, 7) is 3.30. The molecular weight excluding hydrogens is 1900 g/mol. The van der Waals surface area contributed by atoms with Gasteiger partial charge in [0.15, 0.2) is 11.9 Å². The van der Waals surface area contributed by atoms with Crippen LogP contribution < -0.4 is 85.9 Å². The van der Waals surface area contributed by atoms with Crippen LogP contribution in [0.3, 0.4) is 0 Å². The summed E-state index contributed by atoms with van der Waals surface area (Å²) in [4.78, 5) is 256. The number of likely N-dealkylation sites (tertiary alicyclic amines) is 2. The van der Waals surface area contributed by atoms with E-state index < -0.39 is 202 Å². The summed E-state index contributed by atoms with van der Waals surface area (Å²) in [5.41, 5.74) is 12.7. The quantitative estimate of drug-likeness (QED) is 0.0127. The Morgan fingerprint density at radius 1 is 0.345 bits per heavy atom. The fourth-order valence-electron chi connectivity index (χ4n) is 16.4. The summed E-state index contributed by atoms with van der Waals surface area (Å²) in [7, 11) is -3.42. The van der Waals surface area contributed by atoms with E-state index in [9.17, 15) is 137 Å². The maximum Gasteiger partial charge on any atom is 0.475 e. The second-order valence-corrected chi connectivity index (χ2v) is 36.0. The number of aliphatic carboxylic acids is 5. The van der Waals surface area contributed by atoms with Gasteiger partial charge in [0.05, 0.1) is 31.5 Å². The number of nitrogens with two attached hydrogens (primary N) is 2. The van der Waals surface area contributed by atoms with Crippen LogP contribution >= 0.6 is 0 Å². The molecule has 9 atom stereocenters. The summed E-state index contributed by atoms with van der Waals surface area (Å²) in [5.74, 6) is -16.8. The highest BCUT2D eigenvalue weighted by Gasteiger charge is 2.41. The average Bonchev–Trinajstić information content (AvgIpc) is 1.72. The molecule has 0 unspecified atom stereocenters. The van der Waals surface area contributed by atoms with Gasteiger partial charge in [-0.1, -0.05) is 24.3 Å². The van der Waals surface area contributed by atoms with Crippen molar-refractivity contribution in [2.45, 2.75) is 248 Å². The molecule has 3 heterocycles. The lowest BCUT2D eigenvalue weighted by Crippen LogP contribution is -2.52. The Kier molecular flexibility index (Phi) is 56.1. The van der Waals surface area contributed by atoms with Crippen LogP contribution in [0.25, 0.3) is 0 Å². The number of carbonyl (C=O) groups excluding carboxylic acids is 14. The standard InChI is InChI=1S/C91H146B2N24O28/c1-58(86(136)116-43-13-19-69(116)92(142)143)106-81(131)62-27-23-60(24-28-62)53-104-71(118)21-5-9-39-100-83(133)64(17-11-41-102-90(94)95)108-75(122)34-33-74(121)99-37-7-3-15-66(85(135)111-67(88(138)139)16-4-8-38-98-73(120)32-31-68(89(140)141)115-51-49-113(56-79(127)128)47-45-112(55-78(125)126)46-48-114(50-52-115)57-80(129)130)110-77(124)36-35-76(123)109-65(18-12-42-103-91(96)97)84(134)101-40-10-6-22-72(119)105-54-61-25-29-63(30-26-61)82(132)107-59(2)87(137)117-44-14-20-70(117)93(144)145/h23-30,58-59,64-70,142-145H,3-22,31-57H2,1-2H3,(H,98,120)(H,99,121)(H,100,133)(H,101,134)(H,104,118)(H,105,119)(H,106,131)(H,107,132)(H,108,122)(H,109,123)(H,110,124)(H,111,135)(H,125,126)(H,127,128)(H,129,130)(H,138,139)(H,140,141)(H4,94,95,102)(H4,96,97,103)/t58-,59-,64+,65+,66+,67+,68-,69+,70+/m1/s1. The number of hydrogen-bond acceptors (Lipinski definition) is 29. The van der Waals surface area contributed by atoms with E-state index in [0.717, 1.165) is 0 Å². The van der Waals surface area contributed by atoms with Crippen molar-refractivity contribution >= 4 is 139 Å². The first-order chi connectivity index (χ1) is 69.0. The van der Waals surface area contributed by atoms with Gasteiger partial charge < -0.3 is 141 Å².